The number of ether oxygens (including phenoxy) is 5. The van der Waals surface area contributed by atoms with E-state index in [0.29, 0.717) is 25.4 Å². The molecule has 308 valence electrons. The molecule has 0 radical (unpaired) electrons. The van der Waals surface area contributed by atoms with E-state index in [0.717, 1.165) is 51.4 Å². The number of carbonyl (C=O) groups is 2. The number of unbranched alkanes of at least 4 members (excludes halogenated alkanes) is 9. The smallest absolute Gasteiger partial charge is 0.311 e. The van der Waals surface area contributed by atoms with Gasteiger partial charge in [-0.15, -0.1) is 6.58 Å². The van der Waals surface area contributed by atoms with Crippen molar-refractivity contribution in [2.75, 3.05) is 19.8 Å². The topological polar surface area (TPSA) is 141 Å². The van der Waals surface area contributed by atoms with Gasteiger partial charge < -0.3 is 39.0 Å². The van der Waals surface area contributed by atoms with Gasteiger partial charge in [-0.2, -0.15) is 0 Å². The van der Waals surface area contributed by atoms with E-state index in [9.17, 15) is 24.9 Å². The molecule has 1 heterocycles. The first-order valence-electron chi connectivity index (χ1n) is 21.4. The Labute approximate surface area is 324 Å². The summed E-state index contributed by atoms with van der Waals surface area (Å²) in [4.78, 5) is 26.3. The molecule has 0 aromatic heterocycles. The summed E-state index contributed by atoms with van der Waals surface area (Å²) in [6.07, 6.45) is 15.7. The quantitative estimate of drug-likeness (QED) is 0.0695. The number of esters is 2. The molecule has 4 fully saturated rings. The van der Waals surface area contributed by atoms with Gasteiger partial charge in [-0.1, -0.05) is 96.3 Å². The van der Waals surface area contributed by atoms with Crippen molar-refractivity contribution < 1.29 is 48.6 Å². The maximum Gasteiger partial charge on any atom is 0.311 e. The second-order valence-electron chi connectivity index (χ2n) is 17.8. The average molecular weight is 761 g/mol. The van der Waals surface area contributed by atoms with E-state index >= 15 is 0 Å². The molecular weight excluding hydrogens is 688 g/mol. The van der Waals surface area contributed by atoms with Crippen LogP contribution in [0.2, 0.25) is 0 Å². The molecule has 3 saturated carbocycles. The van der Waals surface area contributed by atoms with Gasteiger partial charge in [0, 0.05) is 12.3 Å². The van der Waals surface area contributed by atoms with Crippen LogP contribution < -0.4 is 0 Å². The minimum atomic E-state index is -1.62. The van der Waals surface area contributed by atoms with E-state index in [2.05, 4.69) is 33.4 Å². The van der Waals surface area contributed by atoms with Crippen LogP contribution in [0.25, 0.3) is 0 Å². The number of fused-ring (bicyclic) bond motifs is 5. The fraction of sp³-hybridized carbons (Fsp3) is 0.864. The van der Waals surface area contributed by atoms with Crippen molar-refractivity contribution in [1.82, 2.24) is 0 Å². The van der Waals surface area contributed by atoms with Gasteiger partial charge in [0.1, 0.15) is 17.8 Å². The van der Waals surface area contributed by atoms with E-state index in [1.807, 2.05) is 0 Å². The van der Waals surface area contributed by atoms with E-state index < -0.39 is 59.6 Å². The Morgan fingerprint density at radius 3 is 2.35 bits per heavy atom. The molecular formula is C44H72O10. The van der Waals surface area contributed by atoms with Crippen molar-refractivity contribution in [2.24, 2.45) is 34.5 Å². The largest absolute Gasteiger partial charge is 0.465 e. The molecule has 1 saturated heterocycles. The molecule has 0 bridgehead atoms. The normalized spacial score (nSPS) is 39.4. The van der Waals surface area contributed by atoms with Crippen LogP contribution in [0.1, 0.15) is 144 Å². The molecule has 1 aliphatic heterocycles. The Morgan fingerprint density at radius 2 is 1.69 bits per heavy atom. The molecule has 10 nitrogen and oxygen atoms in total. The van der Waals surface area contributed by atoms with Crippen LogP contribution in [0.15, 0.2) is 24.3 Å². The molecule has 0 spiro atoms. The third-order valence-electron chi connectivity index (χ3n) is 14.5. The monoisotopic (exact) mass is 761 g/mol. The highest BCUT2D eigenvalue weighted by Crippen LogP contribution is 2.69. The summed E-state index contributed by atoms with van der Waals surface area (Å²) < 4.78 is 30.3. The molecule has 54 heavy (non-hydrogen) atoms. The van der Waals surface area contributed by atoms with Gasteiger partial charge in [-0.05, 0) is 81.5 Å². The van der Waals surface area contributed by atoms with Crippen molar-refractivity contribution in [3.05, 3.63) is 24.3 Å². The van der Waals surface area contributed by atoms with E-state index in [1.165, 1.54) is 57.4 Å². The number of aliphatic hydroxyl groups is 3. The molecule has 0 amide bonds. The zero-order valence-electron chi connectivity index (χ0n) is 34.0. The lowest BCUT2D eigenvalue weighted by Crippen LogP contribution is -2.63. The highest BCUT2D eigenvalue weighted by atomic mass is 16.7. The predicted molar refractivity (Wildman–Crippen MR) is 206 cm³/mol. The average Bonchev–Trinajstić information content (AvgIpc) is 3.37. The Morgan fingerprint density at radius 1 is 1.00 bits per heavy atom. The number of hydrogen-bond donors (Lipinski definition) is 3. The first kappa shape index (κ1) is 43.3. The fourth-order valence-corrected chi connectivity index (χ4v) is 11.4. The van der Waals surface area contributed by atoms with Crippen LogP contribution in [-0.2, 0) is 33.3 Å². The number of allylic oxidation sites excluding steroid dienone is 1. The van der Waals surface area contributed by atoms with Crippen LogP contribution in [-0.4, -0.2) is 89.5 Å². The standard InChI is InChI=1S/C44H72O10/c1-7-9-10-11-12-13-14-15-16-17-25-51-40(48)29(3)44(49)37(54-41-39(53-30(4)45)38(50-24-8-2)36(47)28-52-41)27-35-33-19-18-31-26-32(46)20-22-42(31,5)34(33)21-23-43(35,44)6/h8,18,29,32-39,41,46-47,49H,2,7,9-17,19-28H2,1,3-6H3/t29-,32+,33-,34+,35+,36+,37+,38+,39-,41+,42+,43+,44-/m1/s1. The minimum absolute atomic E-state index is 0.0150. The van der Waals surface area contributed by atoms with Crippen molar-refractivity contribution in [3.8, 4) is 0 Å². The van der Waals surface area contributed by atoms with Crippen LogP contribution >= 0.6 is 0 Å². The summed E-state index contributed by atoms with van der Waals surface area (Å²) >= 11 is 0. The van der Waals surface area contributed by atoms with Gasteiger partial charge in [0.15, 0.2) is 12.4 Å². The highest BCUT2D eigenvalue weighted by Gasteiger charge is 2.71. The molecule has 0 aromatic carbocycles. The summed E-state index contributed by atoms with van der Waals surface area (Å²) in [5, 5.41) is 34.6. The van der Waals surface area contributed by atoms with Crippen molar-refractivity contribution in [3.63, 3.8) is 0 Å². The molecule has 5 aliphatic rings. The van der Waals surface area contributed by atoms with Crippen LogP contribution in [0.5, 0.6) is 0 Å². The lowest BCUT2D eigenvalue weighted by Gasteiger charge is -2.59. The summed E-state index contributed by atoms with van der Waals surface area (Å²) in [6.45, 7) is 13.8. The van der Waals surface area contributed by atoms with Gasteiger partial charge in [-0.25, -0.2) is 0 Å². The number of carbonyl (C=O) groups excluding carboxylic acids is 2. The van der Waals surface area contributed by atoms with E-state index in [4.69, 9.17) is 23.7 Å². The van der Waals surface area contributed by atoms with Gasteiger partial charge in [-0.3, -0.25) is 9.59 Å². The third-order valence-corrected chi connectivity index (χ3v) is 14.5. The maximum absolute atomic E-state index is 14.0. The Hall–Kier alpha value is -1.82. The molecule has 5 rings (SSSR count). The molecule has 4 aliphatic carbocycles. The number of aliphatic hydroxyl groups excluding tert-OH is 2. The Balaban J connectivity index is 1.34. The van der Waals surface area contributed by atoms with Crippen molar-refractivity contribution >= 4 is 11.9 Å². The Bertz CT molecular complexity index is 1290. The first-order chi connectivity index (χ1) is 25.8. The lowest BCUT2D eigenvalue weighted by molar-refractivity contribution is -0.310. The van der Waals surface area contributed by atoms with Gasteiger partial charge in [0.2, 0.25) is 0 Å². The first-order valence-corrected chi connectivity index (χ1v) is 21.4. The molecule has 13 atom stereocenters. The minimum Gasteiger partial charge on any atom is -0.465 e. The number of rotatable bonds is 19. The van der Waals surface area contributed by atoms with Gasteiger partial charge in [0.25, 0.3) is 0 Å². The van der Waals surface area contributed by atoms with E-state index in [-0.39, 0.29) is 36.6 Å². The number of hydrogen-bond acceptors (Lipinski definition) is 10. The summed E-state index contributed by atoms with van der Waals surface area (Å²) in [7, 11) is 0. The van der Waals surface area contributed by atoms with Crippen LogP contribution in [0, 0.1) is 34.5 Å². The van der Waals surface area contributed by atoms with Crippen molar-refractivity contribution in [1.29, 1.82) is 0 Å². The third kappa shape index (κ3) is 8.99. The zero-order valence-corrected chi connectivity index (χ0v) is 34.0. The summed E-state index contributed by atoms with van der Waals surface area (Å²) in [5.74, 6) is -1.25. The molecule has 0 aromatic rings. The zero-order chi connectivity index (χ0) is 39.1. The molecule has 3 N–H and O–H groups in total. The maximum atomic E-state index is 14.0. The van der Waals surface area contributed by atoms with Crippen molar-refractivity contribution in [2.45, 2.75) is 186 Å². The predicted octanol–water partition coefficient (Wildman–Crippen LogP) is 7.36. The van der Waals surface area contributed by atoms with Gasteiger partial charge in [0.05, 0.1) is 37.9 Å². The summed E-state index contributed by atoms with van der Waals surface area (Å²) in [5.41, 5.74) is -0.962. The molecule has 0 unspecified atom stereocenters. The summed E-state index contributed by atoms with van der Waals surface area (Å²) in [6, 6.07) is 0. The molecule has 10 heteroatoms. The fourth-order valence-electron chi connectivity index (χ4n) is 11.4. The lowest BCUT2D eigenvalue weighted by atomic mass is 9.46. The Kier molecular flexibility index (Phi) is 15.3. The van der Waals surface area contributed by atoms with Crippen LogP contribution in [0.4, 0.5) is 0 Å². The van der Waals surface area contributed by atoms with Crippen LogP contribution in [0.3, 0.4) is 0 Å². The van der Waals surface area contributed by atoms with E-state index in [1.54, 1.807) is 13.0 Å². The SMILES string of the molecule is C=CCO[C@@H]1[C@@H](OC(C)=O)[C@H](O[C@H]2C[C@H]3[C@@H]4CC=C5C[C@@H](O)CC[C@]5(C)[C@H]4CC[C@]3(C)[C@@]2(O)[C@H](C)C(=O)OCCCCCCCCCCCC)OC[C@@H]1O. The highest BCUT2D eigenvalue weighted by molar-refractivity contribution is 5.74. The second-order valence-corrected chi connectivity index (χ2v) is 17.8. The van der Waals surface area contributed by atoms with Gasteiger partial charge >= 0.3 is 11.9 Å². The second kappa shape index (κ2) is 19.1.